The number of pyridine rings is 1. The van der Waals surface area contributed by atoms with E-state index in [4.69, 9.17) is 0 Å². The van der Waals surface area contributed by atoms with Gasteiger partial charge in [0.25, 0.3) is 0 Å². The second-order valence-corrected chi connectivity index (χ2v) is 6.11. The molecule has 0 aliphatic carbocycles. The Morgan fingerprint density at radius 2 is 2.09 bits per heavy atom. The summed E-state index contributed by atoms with van der Waals surface area (Å²) in [6.45, 7) is 5.78. The van der Waals surface area contributed by atoms with Crippen molar-refractivity contribution in [3.63, 3.8) is 0 Å². The number of carbonyl (C=O) groups is 1. The van der Waals surface area contributed by atoms with Crippen molar-refractivity contribution < 1.29 is 9.53 Å². The van der Waals surface area contributed by atoms with Crippen LogP contribution in [0.5, 0.6) is 0 Å². The highest BCUT2D eigenvalue weighted by Crippen LogP contribution is 2.25. The lowest BCUT2D eigenvalue weighted by atomic mass is 10.1. The summed E-state index contributed by atoms with van der Waals surface area (Å²) in [7, 11) is 1.36. The lowest BCUT2D eigenvalue weighted by molar-refractivity contribution is 0.0600. The minimum Gasteiger partial charge on any atom is -0.465 e. The predicted molar refractivity (Wildman–Crippen MR) is 86.0 cm³/mol. The van der Waals surface area contributed by atoms with E-state index in [-0.39, 0.29) is 5.97 Å². The third-order valence-corrected chi connectivity index (χ3v) is 3.79. The Balaban J connectivity index is 1.75. The molecule has 2 aromatic rings. The monoisotopic (exact) mass is 312 g/mol. The van der Waals surface area contributed by atoms with Gasteiger partial charge in [-0.3, -0.25) is 0 Å². The van der Waals surface area contributed by atoms with E-state index in [9.17, 15) is 4.79 Å². The molecule has 6 nitrogen and oxygen atoms in total. The first-order valence-electron chi connectivity index (χ1n) is 7.70. The van der Waals surface area contributed by atoms with Crippen molar-refractivity contribution in [2.75, 3.05) is 12.0 Å². The molecule has 23 heavy (non-hydrogen) atoms. The number of ether oxygens (including phenoxy) is 1. The standard InChI is InChI=1S/C17H20N4O2/c1-11(2)6-15-18-8-13-9-21(10-14(13)20-15)16-5-4-12(7-19-16)17(22)23-3/h4-5,7-8,11H,6,9-10H2,1-3H3. The summed E-state index contributed by atoms with van der Waals surface area (Å²) < 4.78 is 4.69. The second-order valence-electron chi connectivity index (χ2n) is 6.11. The molecule has 0 spiro atoms. The van der Waals surface area contributed by atoms with Gasteiger partial charge in [-0.25, -0.2) is 19.7 Å². The summed E-state index contributed by atoms with van der Waals surface area (Å²) in [6.07, 6.45) is 4.35. The zero-order valence-corrected chi connectivity index (χ0v) is 13.6. The molecule has 0 saturated carbocycles. The molecule has 1 aliphatic heterocycles. The summed E-state index contributed by atoms with van der Waals surface area (Å²) in [5.74, 6) is 1.88. The molecule has 0 N–H and O–H groups in total. The molecule has 1 aliphatic rings. The van der Waals surface area contributed by atoms with Crippen LogP contribution in [0.25, 0.3) is 0 Å². The van der Waals surface area contributed by atoms with Gasteiger partial charge >= 0.3 is 5.97 Å². The van der Waals surface area contributed by atoms with Crippen LogP contribution in [0.1, 0.15) is 41.3 Å². The number of aromatic nitrogens is 3. The fraction of sp³-hybridized carbons (Fsp3) is 0.412. The average Bonchev–Trinajstić information content (AvgIpc) is 2.97. The maximum Gasteiger partial charge on any atom is 0.339 e. The third-order valence-electron chi connectivity index (χ3n) is 3.79. The van der Waals surface area contributed by atoms with Gasteiger partial charge in [0.2, 0.25) is 0 Å². The topological polar surface area (TPSA) is 68.2 Å². The Hall–Kier alpha value is -2.50. The van der Waals surface area contributed by atoms with E-state index in [0.717, 1.165) is 35.9 Å². The number of fused-ring (bicyclic) bond motifs is 1. The van der Waals surface area contributed by atoms with Gasteiger partial charge < -0.3 is 9.64 Å². The maximum atomic E-state index is 11.5. The van der Waals surface area contributed by atoms with E-state index in [1.807, 2.05) is 12.3 Å². The zero-order valence-electron chi connectivity index (χ0n) is 13.6. The average molecular weight is 312 g/mol. The number of hydrogen-bond acceptors (Lipinski definition) is 6. The number of nitrogens with zero attached hydrogens (tertiary/aromatic N) is 4. The lowest BCUT2D eigenvalue weighted by Crippen LogP contribution is -2.16. The number of anilines is 1. The van der Waals surface area contributed by atoms with Crippen LogP contribution in [0.4, 0.5) is 5.82 Å². The first-order valence-corrected chi connectivity index (χ1v) is 7.70. The highest BCUT2D eigenvalue weighted by atomic mass is 16.5. The SMILES string of the molecule is COC(=O)c1ccc(N2Cc3cnc(CC(C)C)nc3C2)nc1. The molecule has 0 amide bonds. The van der Waals surface area contributed by atoms with Crippen LogP contribution in [0.2, 0.25) is 0 Å². The van der Waals surface area contributed by atoms with Crippen LogP contribution < -0.4 is 4.90 Å². The van der Waals surface area contributed by atoms with Crippen molar-refractivity contribution in [2.24, 2.45) is 5.92 Å². The molecule has 0 aromatic carbocycles. The molecule has 2 aromatic heterocycles. The summed E-state index contributed by atoms with van der Waals surface area (Å²) in [5.41, 5.74) is 2.65. The molecule has 3 rings (SSSR count). The van der Waals surface area contributed by atoms with Crippen LogP contribution in [0, 0.1) is 5.92 Å². The Morgan fingerprint density at radius 3 is 2.74 bits per heavy atom. The quantitative estimate of drug-likeness (QED) is 0.807. The van der Waals surface area contributed by atoms with Crippen molar-refractivity contribution in [1.82, 2.24) is 15.0 Å². The van der Waals surface area contributed by atoms with Crippen LogP contribution in [0.3, 0.4) is 0 Å². The summed E-state index contributed by atoms with van der Waals surface area (Å²) in [4.78, 5) is 27.1. The summed E-state index contributed by atoms with van der Waals surface area (Å²) >= 11 is 0. The molecule has 0 atom stereocenters. The molecule has 0 fully saturated rings. The molecular weight excluding hydrogens is 292 g/mol. The van der Waals surface area contributed by atoms with Crippen LogP contribution in [0.15, 0.2) is 24.5 Å². The van der Waals surface area contributed by atoms with E-state index in [1.54, 1.807) is 12.3 Å². The molecule has 3 heterocycles. The van der Waals surface area contributed by atoms with E-state index in [0.29, 0.717) is 18.0 Å². The molecule has 0 radical (unpaired) electrons. The lowest BCUT2D eigenvalue weighted by Gasteiger charge is -2.15. The zero-order chi connectivity index (χ0) is 16.4. The van der Waals surface area contributed by atoms with Crippen LogP contribution in [-0.4, -0.2) is 28.0 Å². The fourth-order valence-electron chi connectivity index (χ4n) is 2.63. The summed E-state index contributed by atoms with van der Waals surface area (Å²) in [5, 5.41) is 0. The van der Waals surface area contributed by atoms with E-state index < -0.39 is 0 Å². The van der Waals surface area contributed by atoms with Crippen molar-refractivity contribution in [2.45, 2.75) is 33.4 Å². The Kier molecular flexibility index (Phi) is 4.23. The second kappa shape index (κ2) is 6.32. The van der Waals surface area contributed by atoms with Gasteiger partial charge in [-0.2, -0.15) is 0 Å². The first-order chi connectivity index (χ1) is 11.1. The highest BCUT2D eigenvalue weighted by Gasteiger charge is 2.22. The van der Waals surface area contributed by atoms with Gasteiger partial charge in [0, 0.05) is 30.9 Å². The fourth-order valence-corrected chi connectivity index (χ4v) is 2.63. The molecular formula is C17H20N4O2. The third kappa shape index (κ3) is 3.31. The predicted octanol–water partition coefficient (Wildman–Crippen LogP) is 2.38. The molecule has 0 unspecified atom stereocenters. The van der Waals surface area contributed by atoms with Gasteiger partial charge in [-0.1, -0.05) is 13.8 Å². The Labute approximate surface area is 135 Å². The number of carbonyl (C=O) groups excluding carboxylic acids is 1. The van der Waals surface area contributed by atoms with Crippen LogP contribution in [-0.2, 0) is 24.2 Å². The van der Waals surface area contributed by atoms with Crippen molar-refractivity contribution in [1.29, 1.82) is 0 Å². The number of methoxy groups -OCH3 is 1. The number of rotatable bonds is 4. The molecule has 6 heteroatoms. The van der Waals surface area contributed by atoms with Gasteiger partial charge in [-0.15, -0.1) is 0 Å². The Morgan fingerprint density at radius 1 is 1.26 bits per heavy atom. The van der Waals surface area contributed by atoms with Gasteiger partial charge in [-0.05, 0) is 18.1 Å². The minimum absolute atomic E-state index is 0.377. The van der Waals surface area contributed by atoms with E-state index in [2.05, 4.69) is 38.4 Å². The smallest absolute Gasteiger partial charge is 0.339 e. The minimum atomic E-state index is -0.377. The molecule has 120 valence electrons. The van der Waals surface area contributed by atoms with Gasteiger partial charge in [0.15, 0.2) is 0 Å². The first kappa shape index (κ1) is 15.4. The number of esters is 1. The van der Waals surface area contributed by atoms with Gasteiger partial charge in [0.1, 0.15) is 11.6 Å². The maximum absolute atomic E-state index is 11.5. The van der Waals surface area contributed by atoms with E-state index >= 15 is 0 Å². The van der Waals surface area contributed by atoms with Crippen molar-refractivity contribution in [3.8, 4) is 0 Å². The highest BCUT2D eigenvalue weighted by molar-refractivity contribution is 5.89. The van der Waals surface area contributed by atoms with Crippen molar-refractivity contribution >= 4 is 11.8 Å². The van der Waals surface area contributed by atoms with E-state index in [1.165, 1.54) is 7.11 Å². The summed E-state index contributed by atoms with van der Waals surface area (Å²) in [6, 6.07) is 3.56. The van der Waals surface area contributed by atoms with Gasteiger partial charge in [0.05, 0.1) is 24.9 Å². The largest absolute Gasteiger partial charge is 0.465 e. The van der Waals surface area contributed by atoms with Crippen LogP contribution >= 0.6 is 0 Å². The molecule has 0 bridgehead atoms. The number of hydrogen-bond donors (Lipinski definition) is 0. The molecule has 0 saturated heterocycles. The Bertz CT molecular complexity index is 713. The normalized spacial score (nSPS) is 13.3. The van der Waals surface area contributed by atoms with Crippen molar-refractivity contribution in [3.05, 3.63) is 47.2 Å².